The van der Waals surface area contributed by atoms with Crippen LogP contribution < -0.4 is 15.6 Å². The second kappa shape index (κ2) is 6.88. The van der Waals surface area contributed by atoms with E-state index in [-0.39, 0.29) is 11.5 Å². The predicted molar refractivity (Wildman–Crippen MR) is 104 cm³/mol. The molecule has 8 heteroatoms. The third-order valence-electron chi connectivity index (χ3n) is 4.77. The summed E-state index contributed by atoms with van der Waals surface area (Å²) in [6.45, 7) is 3.77. The Kier molecular flexibility index (Phi) is 4.38. The summed E-state index contributed by atoms with van der Waals surface area (Å²) in [5.74, 6) is 1.02. The lowest BCUT2D eigenvalue weighted by Gasteiger charge is -2.15. The first-order valence-electron chi connectivity index (χ1n) is 8.88. The summed E-state index contributed by atoms with van der Waals surface area (Å²) in [6, 6.07) is 10.1. The van der Waals surface area contributed by atoms with Crippen LogP contribution >= 0.6 is 0 Å². The molecule has 144 valence electrons. The molecule has 0 radical (unpaired) electrons. The van der Waals surface area contributed by atoms with Crippen molar-refractivity contribution in [3.05, 3.63) is 64.4 Å². The van der Waals surface area contributed by atoms with Gasteiger partial charge in [0, 0.05) is 18.7 Å². The molecule has 0 aliphatic rings. The number of nitrogens with zero attached hydrogens (tertiary/aromatic N) is 3. The van der Waals surface area contributed by atoms with Gasteiger partial charge in [-0.2, -0.15) is 5.10 Å². The van der Waals surface area contributed by atoms with Gasteiger partial charge in [0.15, 0.2) is 5.58 Å². The maximum absolute atomic E-state index is 12.9. The predicted octanol–water partition coefficient (Wildman–Crippen LogP) is 2.44. The number of benzene rings is 1. The summed E-state index contributed by atoms with van der Waals surface area (Å²) in [4.78, 5) is 25.5. The lowest BCUT2D eigenvalue weighted by atomic mass is 10.2. The van der Waals surface area contributed by atoms with Gasteiger partial charge in [-0.3, -0.25) is 14.0 Å². The molecular formula is C20H20N4O4. The largest absolute Gasteiger partial charge is 0.497 e. The molecule has 8 nitrogen and oxygen atoms in total. The smallest absolute Gasteiger partial charge is 0.291 e. The van der Waals surface area contributed by atoms with Crippen molar-refractivity contribution in [1.29, 1.82) is 0 Å². The Labute approximate surface area is 160 Å². The van der Waals surface area contributed by atoms with E-state index in [4.69, 9.17) is 9.15 Å². The molecule has 4 aromatic rings. The van der Waals surface area contributed by atoms with Gasteiger partial charge in [0.05, 0.1) is 18.9 Å². The minimum Gasteiger partial charge on any atom is -0.497 e. The molecule has 0 unspecified atom stereocenters. The Balaban J connectivity index is 1.60. The zero-order valence-corrected chi connectivity index (χ0v) is 15.8. The topological polar surface area (TPSA) is 90.8 Å². The van der Waals surface area contributed by atoms with E-state index < -0.39 is 6.04 Å². The number of nitrogens with one attached hydrogen (secondary N) is 1. The summed E-state index contributed by atoms with van der Waals surface area (Å²) in [5.41, 5.74) is 2.36. The third kappa shape index (κ3) is 2.92. The molecule has 1 amide bonds. The molecule has 0 aliphatic carbocycles. The normalized spacial score (nSPS) is 12.4. The molecule has 0 saturated carbocycles. The second-order valence-corrected chi connectivity index (χ2v) is 6.58. The summed E-state index contributed by atoms with van der Waals surface area (Å²) < 4.78 is 13.5. The van der Waals surface area contributed by atoms with Crippen LogP contribution in [0.2, 0.25) is 0 Å². The maximum Gasteiger partial charge on any atom is 0.291 e. The first-order chi connectivity index (χ1) is 13.5. The molecule has 1 aromatic carbocycles. The second-order valence-electron chi connectivity index (χ2n) is 6.58. The molecular weight excluding hydrogens is 360 g/mol. The zero-order valence-electron chi connectivity index (χ0n) is 15.8. The van der Waals surface area contributed by atoms with Crippen LogP contribution in [-0.2, 0) is 11.3 Å². The molecule has 0 bridgehead atoms. The minimum atomic E-state index is -0.761. The van der Waals surface area contributed by atoms with Crippen LogP contribution in [0.4, 0.5) is 0 Å². The Hall–Kier alpha value is -3.55. The maximum atomic E-state index is 12.9. The average molecular weight is 380 g/mol. The molecule has 3 aromatic heterocycles. The zero-order chi connectivity index (χ0) is 19.8. The number of amides is 1. The molecule has 4 rings (SSSR count). The van der Waals surface area contributed by atoms with Crippen LogP contribution in [0.15, 0.2) is 51.9 Å². The van der Waals surface area contributed by atoms with Crippen molar-refractivity contribution in [2.24, 2.45) is 0 Å². The number of methoxy groups -OCH3 is 1. The number of hydrogen-bond acceptors (Lipinski definition) is 5. The molecule has 0 fully saturated rings. The number of ether oxygens (including phenoxy) is 1. The van der Waals surface area contributed by atoms with Crippen LogP contribution in [-0.4, -0.2) is 27.2 Å². The standard InChI is InChI=1S/C20H20N4O4/c1-12(19(25)21-11-14-5-4-6-15(9-14)27-3)24-20(26)17-10-18-16(7-8-28-18)23(17)13(2)22-24/h4-10,12H,11H2,1-3H3,(H,21,25)/t12-/m0/s1. The molecule has 1 N–H and O–H groups in total. The van der Waals surface area contributed by atoms with Crippen molar-refractivity contribution in [3.63, 3.8) is 0 Å². The molecule has 0 aliphatic heterocycles. The van der Waals surface area contributed by atoms with E-state index >= 15 is 0 Å². The molecule has 28 heavy (non-hydrogen) atoms. The van der Waals surface area contributed by atoms with Crippen LogP contribution in [0.3, 0.4) is 0 Å². The van der Waals surface area contributed by atoms with E-state index in [1.165, 1.54) is 4.68 Å². The van der Waals surface area contributed by atoms with Crippen molar-refractivity contribution >= 4 is 22.5 Å². The summed E-state index contributed by atoms with van der Waals surface area (Å²) in [5, 5.41) is 7.20. The SMILES string of the molecule is COc1cccc(CNC(=O)[C@H](C)n2nc(C)n3c(cc4occc43)c2=O)c1. The number of aromatic nitrogens is 3. The van der Waals surface area contributed by atoms with Crippen LogP contribution in [0.1, 0.15) is 24.4 Å². The van der Waals surface area contributed by atoms with Gasteiger partial charge < -0.3 is 14.5 Å². The van der Waals surface area contributed by atoms with Gasteiger partial charge in [0.25, 0.3) is 5.56 Å². The van der Waals surface area contributed by atoms with E-state index in [1.54, 1.807) is 43.8 Å². The van der Waals surface area contributed by atoms with Crippen molar-refractivity contribution in [2.75, 3.05) is 7.11 Å². The lowest BCUT2D eigenvalue weighted by Crippen LogP contribution is -2.38. The molecule has 0 saturated heterocycles. The van der Waals surface area contributed by atoms with E-state index in [0.717, 1.165) is 16.8 Å². The van der Waals surface area contributed by atoms with Crippen LogP contribution in [0.5, 0.6) is 5.75 Å². The van der Waals surface area contributed by atoms with E-state index in [2.05, 4.69) is 10.4 Å². The van der Waals surface area contributed by atoms with Crippen LogP contribution in [0.25, 0.3) is 16.6 Å². The van der Waals surface area contributed by atoms with Crippen molar-refractivity contribution in [3.8, 4) is 5.75 Å². The number of aryl methyl sites for hydroxylation is 1. The first-order valence-corrected chi connectivity index (χ1v) is 8.88. The highest BCUT2D eigenvalue weighted by Crippen LogP contribution is 2.20. The molecule has 3 heterocycles. The summed E-state index contributed by atoms with van der Waals surface area (Å²) in [6.07, 6.45) is 1.57. The van der Waals surface area contributed by atoms with Gasteiger partial charge in [-0.15, -0.1) is 0 Å². The van der Waals surface area contributed by atoms with Crippen molar-refractivity contribution in [1.82, 2.24) is 19.5 Å². The van der Waals surface area contributed by atoms with Gasteiger partial charge in [-0.25, -0.2) is 4.68 Å². The van der Waals surface area contributed by atoms with Gasteiger partial charge in [-0.05, 0) is 31.5 Å². The molecule has 1 atom stereocenters. The highest BCUT2D eigenvalue weighted by atomic mass is 16.5. The minimum absolute atomic E-state index is 0.295. The quantitative estimate of drug-likeness (QED) is 0.574. The Morgan fingerprint density at radius 1 is 1.29 bits per heavy atom. The van der Waals surface area contributed by atoms with Gasteiger partial charge in [0.1, 0.15) is 23.1 Å². The Morgan fingerprint density at radius 3 is 2.89 bits per heavy atom. The number of hydrogen-bond donors (Lipinski definition) is 1. The summed E-state index contributed by atoms with van der Waals surface area (Å²) in [7, 11) is 1.59. The van der Waals surface area contributed by atoms with E-state index in [0.29, 0.717) is 23.5 Å². The highest BCUT2D eigenvalue weighted by Gasteiger charge is 2.21. The fourth-order valence-corrected chi connectivity index (χ4v) is 3.29. The van der Waals surface area contributed by atoms with Gasteiger partial charge >= 0.3 is 0 Å². The fourth-order valence-electron chi connectivity index (χ4n) is 3.29. The monoisotopic (exact) mass is 380 g/mol. The van der Waals surface area contributed by atoms with Crippen molar-refractivity contribution < 1.29 is 13.9 Å². The fraction of sp³-hybridized carbons (Fsp3) is 0.250. The highest BCUT2D eigenvalue weighted by molar-refractivity contribution is 5.83. The van der Waals surface area contributed by atoms with Crippen molar-refractivity contribution in [2.45, 2.75) is 26.4 Å². The number of carbonyl (C=O) groups excluding carboxylic acids is 1. The Bertz CT molecular complexity index is 1230. The van der Waals surface area contributed by atoms with Crippen LogP contribution in [0, 0.1) is 6.92 Å². The number of furan rings is 1. The third-order valence-corrected chi connectivity index (χ3v) is 4.77. The Morgan fingerprint density at radius 2 is 2.11 bits per heavy atom. The van der Waals surface area contributed by atoms with E-state index in [1.807, 2.05) is 24.3 Å². The van der Waals surface area contributed by atoms with Gasteiger partial charge in [0.2, 0.25) is 5.91 Å². The lowest BCUT2D eigenvalue weighted by molar-refractivity contribution is -0.124. The number of fused-ring (bicyclic) bond motifs is 3. The molecule has 0 spiro atoms. The average Bonchev–Trinajstić information content (AvgIpc) is 3.30. The number of rotatable bonds is 5. The van der Waals surface area contributed by atoms with E-state index in [9.17, 15) is 9.59 Å². The number of carbonyl (C=O) groups is 1. The summed E-state index contributed by atoms with van der Waals surface area (Å²) >= 11 is 0. The first kappa shape index (κ1) is 17.8. The van der Waals surface area contributed by atoms with Gasteiger partial charge in [-0.1, -0.05) is 12.1 Å².